The Labute approximate surface area is 107 Å². The molecule has 0 saturated carbocycles. The Morgan fingerprint density at radius 3 is 2.53 bits per heavy atom. The molecule has 1 aromatic heterocycles. The fourth-order valence-corrected chi connectivity index (χ4v) is 2.71. The molecule has 2 rings (SSSR count). The minimum absolute atomic E-state index is 0.124. The first-order valence-electron chi connectivity index (χ1n) is 5.07. The molecule has 0 fully saturated rings. The number of carbonyl (C=O) groups excluding carboxylic acids is 1. The molecular formula is C10H9N3O5S. The fourth-order valence-electron chi connectivity index (χ4n) is 1.60. The average Bonchev–Trinajstić information content (AvgIpc) is 2.67. The van der Waals surface area contributed by atoms with Gasteiger partial charge < -0.3 is 5.11 Å². The van der Waals surface area contributed by atoms with Gasteiger partial charge in [-0.05, 0) is 12.1 Å². The smallest absolute Gasteiger partial charge is 0.418 e. The van der Waals surface area contributed by atoms with Gasteiger partial charge in [0.25, 0.3) is 15.2 Å². The van der Waals surface area contributed by atoms with E-state index in [9.17, 15) is 18.0 Å². The second-order valence-corrected chi connectivity index (χ2v) is 5.24. The molecule has 2 aromatic rings. The third-order valence-corrected chi connectivity index (χ3v) is 3.55. The van der Waals surface area contributed by atoms with Crippen molar-refractivity contribution in [3.05, 3.63) is 24.3 Å². The predicted molar refractivity (Wildman–Crippen MR) is 64.2 cm³/mol. The number of carboxylic acid groups (broad SMARTS) is 1. The quantitative estimate of drug-likeness (QED) is 0.822. The molecule has 2 N–H and O–H groups in total. The number of hydrogen-bond acceptors (Lipinski definition) is 5. The van der Waals surface area contributed by atoms with Crippen LogP contribution in [0.3, 0.4) is 0 Å². The number of nitrogens with zero attached hydrogens (tertiary/aromatic N) is 2. The highest BCUT2D eigenvalue weighted by molar-refractivity contribution is 7.89. The Kier molecular flexibility index (Phi) is 2.98. The maximum atomic E-state index is 11.9. The zero-order valence-corrected chi connectivity index (χ0v) is 10.5. The average molecular weight is 283 g/mol. The van der Waals surface area contributed by atoms with E-state index in [1.807, 2.05) is 0 Å². The zero-order valence-electron chi connectivity index (χ0n) is 9.69. The van der Waals surface area contributed by atoms with E-state index in [0.717, 1.165) is 6.92 Å². The van der Waals surface area contributed by atoms with Crippen molar-refractivity contribution >= 4 is 33.1 Å². The number of amides is 1. The van der Waals surface area contributed by atoms with E-state index >= 15 is 0 Å². The minimum Gasteiger partial charge on any atom is -0.464 e. The Morgan fingerprint density at radius 1 is 1.32 bits per heavy atom. The van der Waals surface area contributed by atoms with E-state index in [2.05, 4.69) is 4.98 Å². The monoisotopic (exact) mass is 283 g/mol. The molecule has 0 bridgehead atoms. The van der Waals surface area contributed by atoms with Gasteiger partial charge in [0.2, 0.25) is 5.91 Å². The lowest BCUT2D eigenvalue weighted by atomic mass is 10.3. The van der Waals surface area contributed by atoms with E-state index in [1.165, 1.54) is 12.1 Å². The fraction of sp³-hybridized carbons (Fsp3) is 0.100. The molecule has 1 amide bonds. The van der Waals surface area contributed by atoms with Crippen LogP contribution >= 0.6 is 0 Å². The van der Waals surface area contributed by atoms with Crippen molar-refractivity contribution in [3.8, 4) is 0 Å². The molecule has 8 nitrogen and oxygen atoms in total. The molecule has 0 aliphatic rings. The van der Waals surface area contributed by atoms with Gasteiger partial charge in [0.15, 0.2) is 0 Å². The van der Waals surface area contributed by atoms with Crippen LogP contribution in [0.15, 0.2) is 29.4 Å². The molecule has 19 heavy (non-hydrogen) atoms. The molecule has 9 heteroatoms. The van der Waals surface area contributed by atoms with Crippen molar-refractivity contribution in [2.75, 3.05) is 0 Å². The Bertz CT molecular complexity index is 778. The number of hydrogen-bond donors (Lipinski definition) is 2. The van der Waals surface area contributed by atoms with Gasteiger partial charge in [-0.1, -0.05) is 12.1 Å². The Morgan fingerprint density at radius 2 is 1.95 bits per heavy atom. The Hall–Kier alpha value is -2.42. The first kappa shape index (κ1) is 13.0. The van der Waals surface area contributed by atoms with Gasteiger partial charge in [0.05, 0.1) is 11.0 Å². The molecule has 0 unspecified atom stereocenters. The number of imidazole rings is 1. The van der Waals surface area contributed by atoms with Gasteiger partial charge in [-0.2, -0.15) is 8.42 Å². The van der Waals surface area contributed by atoms with Crippen molar-refractivity contribution < 1.29 is 23.1 Å². The third-order valence-electron chi connectivity index (χ3n) is 2.24. The molecule has 1 aromatic carbocycles. The standard InChI is InChI=1S/C10H9N3O5S/c1-6(14)12-19(17,18)9-11-7-4-2-3-5-8(7)13(9)10(15)16/h2-5H,1H3,(H,12,14)(H,15,16). The lowest BCUT2D eigenvalue weighted by molar-refractivity contribution is -0.117. The number of rotatable bonds is 2. The first-order valence-corrected chi connectivity index (χ1v) is 6.55. The maximum Gasteiger partial charge on any atom is 0.418 e. The van der Waals surface area contributed by atoms with Gasteiger partial charge in [-0.15, -0.1) is 0 Å². The summed E-state index contributed by atoms with van der Waals surface area (Å²) in [6, 6.07) is 6.04. The molecule has 0 spiro atoms. The lowest BCUT2D eigenvalue weighted by Crippen LogP contribution is -2.31. The largest absolute Gasteiger partial charge is 0.464 e. The third kappa shape index (κ3) is 2.27. The molecule has 0 aliphatic carbocycles. The highest BCUT2D eigenvalue weighted by Gasteiger charge is 2.27. The topological polar surface area (TPSA) is 118 Å². The van der Waals surface area contributed by atoms with Crippen LogP contribution in [0.25, 0.3) is 11.0 Å². The Balaban J connectivity index is 2.77. The molecule has 0 aliphatic heterocycles. The highest BCUT2D eigenvalue weighted by atomic mass is 32.2. The summed E-state index contributed by atoms with van der Waals surface area (Å²) in [6.45, 7) is 1.01. The molecule has 1 heterocycles. The summed E-state index contributed by atoms with van der Waals surface area (Å²) in [5.41, 5.74) is 0.327. The molecule has 0 saturated heterocycles. The minimum atomic E-state index is -4.33. The lowest BCUT2D eigenvalue weighted by Gasteiger charge is -2.04. The van der Waals surface area contributed by atoms with Crippen LogP contribution in [0.5, 0.6) is 0 Å². The summed E-state index contributed by atoms with van der Waals surface area (Å²) in [4.78, 5) is 25.8. The molecule has 0 atom stereocenters. The number of para-hydroxylation sites is 2. The first-order chi connectivity index (χ1) is 8.83. The number of aromatic nitrogens is 2. The number of nitrogens with one attached hydrogen (secondary N) is 1. The van der Waals surface area contributed by atoms with Crippen molar-refractivity contribution in [3.63, 3.8) is 0 Å². The van der Waals surface area contributed by atoms with Crippen molar-refractivity contribution in [2.24, 2.45) is 0 Å². The van der Waals surface area contributed by atoms with Gasteiger partial charge in [0.1, 0.15) is 0 Å². The van der Waals surface area contributed by atoms with Crippen LogP contribution in [-0.4, -0.2) is 35.1 Å². The number of carbonyl (C=O) groups is 2. The summed E-state index contributed by atoms with van der Waals surface area (Å²) in [7, 11) is -4.33. The van der Waals surface area contributed by atoms with E-state index in [-0.39, 0.29) is 11.0 Å². The normalized spacial score (nSPS) is 11.4. The number of fused-ring (bicyclic) bond motifs is 1. The van der Waals surface area contributed by atoms with Crippen LogP contribution in [0, 0.1) is 0 Å². The SMILES string of the molecule is CC(=O)NS(=O)(=O)c1nc2ccccc2n1C(=O)O. The van der Waals surface area contributed by atoms with Crippen LogP contribution in [-0.2, 0) is 14.8 Å². The second kappa shape index (κ2) is 4.35. The van der Waals surface area contributed by atoms with Gasteiger partial charge in [-0.3, -0.25) is 4.79 Å². The van der Waals surface area contributed by atoms with Crippen LogP contribution in [0.4, 0.5) is 4.79 Å². The van der Waals surface area contributed by atoms with Gasteiger partial charge in [0, 0.05) is 6.92 Å². The predicted octanol–water partition coefficient (Wildman–Crippen LogP) is 0.387. The van der Waals surface area contributed by atoms with E-state index in [1.54, 1.807) is 16.9 Å². The molecule has 100 valence electrons. The van der Waals surface area contributed by atoms with Gasteiger partial charge in [-0.25, -0.2) is 19.1 Å². The number of sulfonamides is 1. The van der Waals surface area contributed by atoms with Crippen molar-refractivity contribution in [1.29, 1.82) is 0 Å². The highest BCUT2D eigenvalue weighted by Crippen LogP contribution is 2.18. The van der Waals surface area contributed by atoms with Crippen LogP contribution in [0.1, 0.15) is 6.92 Å². The van der Waals surface area contributed by atoms with Crippen LogP contribution in [0.2, 0.25) is 0 Å². The van der Waals surface area contributed by atoms with Crippen LogP contribution < -0.4 is 4.72 Å². The maximum absolute atomic E-state index is 11.9. The summed E-state index contributed by atoms with van der Waals surface area (Å²) in [5.74, 6) is -0.830. The zero-order chi connectivity index (χ0) is 14.2. The summed E-state index contributed by atoms with van der Waals surface area (Å²) >= 11 is 0. The van der Waals surface area contributed by atoms with E-state index in [4.69, 9.17) is 5.11 Å². The molecule has 0 radical (unpaired) electrons. The second-order valence-electron chi connectivity index (χ2n) is 3.66. The summed E-state index contributed by atoms with van der Waals surface area (Å²) in [6.07, 6.45) is -1.50. The number of benzene rings is 1. The van der Waals surface area contributed by atoms with Crippen molar-refractivity contribution in [2.45, 2.75) is 12.1 Å². The van der Waals surface area contributed by atoms with E-state index < -0.39 is 27.2 Å². The summed E-state index contributed by atoms with van der Waals surface area (Å²) < 4.78 is 25.9. The van der Waals surface area contributed by atoms with E-state index in [0.29, 0.717) is 4.57 Å². The van der Waals surface area contributed by atoms with Crippen molar-refractivity contribution in [1.82, 2.24) is 14.3 Å². The van der Waals surface area contributed by atoms with Gasteiger partial charge >= 0.3 is 6.09 Å². The molecular weight excluding hydrogens is 274 g/mol. The summed E-state index contributed by atoms with van der Waals surface area (Å²) in [5, 5.41) is 8.36.